The highest BCUT2D eigenvalue weighted by Crippen LogP contribution is 2.39. The topological polar surface area (TPSA) is 32.3 Å². The van der Waals surface area contributed by atoms with E-state index in [9.17, 15) is 13.9 Å². The van der Waals surface area contributed by atoms with E-state index in [-0.39, 0.29) is 17.6 Å². The number of hydrogen-bond acceptors (Lipinski definition) is 2. The molecule has 3 rings (SSSR count). The van der Waals surface area contributed by atoms with Crippen LogP contribution in [0.15, 0.2) is 48.5 Å². The third kappa shape index (κ3) is 2.76. The molecule has 0 amide bonds. The molecule has 1 atom stereocenters. The summed E-state index contributed by atoms with van der Waals surface area (Å²) in [5.41, 5.74) is 0.0119. The van der Waals surface area contributed by atoms with Gasteiger partial charge in [0, 0.05) is 12.5 Å². The van der Waals surface area contributed by atoms with E-state index in [1.54, 1.807) is 24.3 Å². The highest BCUT2D eigenvalue weighted by atomic mass is 19.1. The predicted octanol–water partition coefficient (Wildman–Crippen LogP) is 3.20. The van der Waals surface area contributed by atoms with Crippen molar-refractivity contribution in [2.45, 2.75) is 18.4 Å². The Labute approximate surface area is 128 Å². The van der Waals surface area contributed by atoms with Crippen LogP contribution in [0.5, 0.6) is 0 Å². The highest BCUT2D eigenvalue weighted by Gasteiger charge is 2.40. The quantitative estimate of drug-likeness (QED) is 0.912. The van der Waals surface area contributed by atoms with Gasteiger partial charge < -0.3 is 10.4 Å². The number of rotatable bonds is 3. The van der Waals surface area contributed by atoms with Gasteiger partial charge >= 0.3 is 0 Å². The highest BCUT2D eigenvalue weighted by molar-refractivity contribution is 5.37. The van der Waals surface area contributed by atoms with E-state index in [1.165, 1.54) is 24.3 Å². The second kappa shape index (κ2) is 6.15. The molecule has 1 saturated heterocycles. The number of halogens is 2. The standard InChI is InChI=1S/C18H19F2NO/c19-16-7-3-13(4-8-16)18(22,15-2-1-11-21-12-15)14-5-9-17(20)10-6-14/h3-10,15,21-22H,1-2,11-12H2/t15-/m1/s1. The van der Waals surface area contributed by atoms with Crippen LogP contribution in [-0.4, -0.2) is 18.2 Å². The first-order valence-electron chi connectivity index (χ1n) is 7.56. The van der Waals surface area contributed by atoms with Gasteiger partial charge in [-0.15, -0.1) is 0 Å². The fourth-order valence-electron chi connectivity index (χ4n) is 3.25. The van der Waals surface area contributed by atoms with Crippen LogP contribution in [-0.2, 0) is 5.60 Å². The zero-order valence-corrected chi connectivity index (χ0v) is 12.2. The summed E-state index contributed by atoms with van der Waals surface area (Å²) < 4.78 is 26.5. The number of piperidine rings is 1. The predicted molar refractivity (Wildman–Crippen MR) is 81.4 cm³/mol. The van der Waals surface area contributed by atoms with E-state index >= 15 is 0 Å². The van der Waals surface area contributed by atoms with Crippen LogP contribution in [0.25, 0.3) is 0 Å². The third-order valence-corrected chi connectivity index (χ3v) is 4.46. The van der Waals surface area contributed by atoms with E-state index in [4.69, 9.17) is 0 Å². The van der Waals surface area contributed by atoms with Crippen molar-refractivity contribution in [1.29, 1.82) is 0 Å². The maximum atomic E-state index is 13.2. The molecule has 0 aromatic heterocycles. The van der Waals surface area contributed by atoms with Gasteiger partial charge in [-0.05, 0) is 54.8 Å². The Bertz CT molecular complexity index is 573. The molecule has 2 aromatic carbocycles. The summed E-state index contributed by atoms with van der Waals surface area (Å²) in [6.45, 7) is 1.60. The minimum Gasteiger partial charge on any atom is -0.380 e. The summed E-state index contributed by atoms with van der Waals surface area (Å²) in [7, 11) is 0. The maximum absolute atomic E-state index is 13.2. The molecule has 1 aliphatic rings. The fourth-order valence-corrected chi connectivity index (χ4v) is 3.25. The molecule has 2 N–H and O–H groups in total. The Kier molecular flexibility index (Phi) is 4.23. The van der Waals surface area contributed by atoms with Crippen molar-refractivity contribution in [1.82, 2.24) is 5.32 Å². The molecular weight excluding hydrogens is 284 g/mol. The van der Waals surface area contributed by atoms with Gasteiger partial charge in [-0.1, -0.05) is 24.3 Å². The van der Waals surface area contributed by atoms with Crippen molar-refractivity contribution < 1.29 is 13.9 Å². The van der Waals surface area contributed by atoms with Crippen molar-refractivity contribution >= 4 is 0 Å². The molecule has 2 aromatic rings. The molecule has 0 saturated carbocycles. The second-order valence-corrected chi connectivity index (χ2v) is 5.82. The molecule has 0 radical (unpaired) electrons. The van der Waals surface area contributed by atoms with Crippen LogP contribution in [0.3, 0.4) is 0 Å². The second-order valence-electron chi connectivity index (χ2n) is 5.82. The lowest BCUT2D eigenvalue weighted by atomic mass is 9.73. The lowest BCUT2D eigenvalue weighted by molar-refractivity contribution is 0.00531. The Morgan fingerprint density at radius 2 is 1.41 bits per heavy atom. The molecule has 22 heavy (non-hydrogen) atoms. The number of aliphatic hydroxyl groups is 1. The van der Waals surface area contributed by atoms with E-state index in [0.717, 1.165) is 19.4 Å². The Morgan fingerprint density at radius 1 is 0.909 bits per heavy atom. The number of nitrogens with one attached hydrogen (secondary N) is 1. The molecular formula is C18H19F2NO. The van der Waals surface area contributed by atoms with Gasteiger partial charge in [0.25, 0.3) is 0 Å². The maximum Gasteiger partial charge on any atom is 0.123 e. The summed E-state index contributed by atoms with van der Waals surface area (Å²) in [5.74, 6) is -0.726. The van der Waals surface area contributed by atoms with Gasteiger partial charge in [0.1, 0.15) is 17.2 Å². The third-order valence-electron chi connectivity index (χ3n) is 4.46. The van der Waals surface area contributed by atoms with E-state index in [2.05, 4.69) is 5.32 Å². The summed E-state index contributed by atoms with van der Waals surface area (Å²) in [6.07, 6.45) is 1.83. The van der Waals surface area contributed by atoms with Gasteiger partial charge in [0.2, 0.25) is 0 Å². The van der Waals surface area contributed by atoms with Crippen molar-refractivity contribution in [3.63, 3.8) is 0 Å². The molecule has 1 fully saturated rings. The molecule has 1 heterocycles. The van der Waals surface area contributed by atoms with Gasteiger partial charge in [-0.2, -0.15) is 0 Å². The van der Waals surface area contributed by atoms with Crippen LogP contribution in [0.2, 0.25) is 0 Å². The SMILES string of the molecule is OC(c1ccc(F)cc1)(c1ccc(F)cc1)[C@@H]1CCCNC1. The molecule has 4 heteroatoms. The first-order valence-corrected chi connectivity index (χ1v) is 7.56. The van der Waals surface area contributed by atoms with Crippen LogP contribution in [0.1, 0.15) is 24.0 Å². The summed E-state index contributed by atoms with van der Waals surface area (Å²) >= 11 is 0. The van der Waals surface area contributed by atoms with Gasteiger partial charge in [-0.25, -0.2) is 8.78 Å². The summed E-state index contributed by atoms with van der Waals surface area (Å²) in [6, 6.07) is 11.8. The number of benzene rings is 2. The largest absolute Gasteiger partial charge is 0.380 e. The van der Waals surface area contributed by atoms with Gasteiger partial charge in [-0.3, -0.25) is 0 Å². The minimum absolute atomic E-state index is 0.0443. The smallest absolute Gasteiger partial charge is 0.123 e. The zero-order chi connectivity index (χ0) is 15.6. The van der Waals surface area contributed by atoms with Crippen LogP contribution < -0.4 is 5.32 Å². The molecule has 0 spiro atoms. The molecule has 0 unspecified atom stereocenters. The van der Waals surface area contributed by atoms with Gasteiger partial charge in [0.05, 0.1) is 0 Å². The Hall–Kier alpha value is -1.78. The fraction of sp³-hybridized carbons (Fsp3) is 0.333. The van der Waals surface area contributed by atoms with Crippen molar-refractivity contribution in [3.8, 4) is 0 Å². The van der Waals surface area contributed by atoms with Gasteiger partial charge in [0.15, 0.2) is 0 Å². The normalized spacial score (nSPS) is 19.1. The van der Waals surface area contributed by atoms with Crippen LogP contribution in [0.4, 0.5) is 8.78 Å². The number of hydrogen-bond donors (Lipinski definition) is 2. The average molecular weight is 303 g/mol. The molecule has 0 aliphatic carbocycles. The van der Waals surface area contributed by atoms with Crippen molar-refractivity contribution in [2.75, 3.05) is 13.1 Å². The van der Waals surface area contributed by atoms with Crippen molar-refractivity contribution in [2.24, 2.45) is 5.92 Å². The van der Waals surface area contributed by atoms with Crippen LogP contribution in [0, 0.1) is 17.6 Å². The Balaban J connectivity index is 2.08. The minimum atomic E-state index is -1.26. The molecule has 1 aliphatic heterocycles. The van der Waals surface area contributed by atoms with E-state index in [1.807, 2.05) is 0 Å². The first kappa shape index (κ1) is 15.1. The lowest BCUT2D eigenvalue weighted by Gasteiger charge is -2.39. The first-order chi connectivity index (χ1) is 10.6. The molecule has 0 bridgehead atoms. The average Bonchev–Trinajstić information content (AvgIpc) is 2.56. The monoisotopic (exact) mass is 303 g/mol. The Morgan fingerprint density at radius 3 is 1.82 bits per heavy atom. The van der Waals surface area contributed by atoms with Crippen molar-refractivity contribution in [3.05, 3.63) is 71.3 Å². The van der Waals surface area contributed by atoms with E-state index < -0.39 is 5.60 Å². The zero-order valence-electron chi connectivity index (χ0n) is 12.2. The molecule has 116 valence electrons. The lowest BCUT2D eigenvalue weighted by Crippen LogP contribution is -2.45. The summed E-state index contributed by atoms with van der Waals surface area (Å²) in [4.78, 5) is 0. The van der Waals surface area contributed by atoms with E-state index in [0.29, 0.717) is 17.7 Å². The summed E-state index contributed by atoms with van der Waals surface area (Å²) in [5, 5.41) is 14.8. The van der Waals surface area contributed by atoms with Crippen LogP contribution >= 0.6 is 0 Å². The molecule has 2 nitrogen and oxygen atoms in total.